The zero-order valence-electron chi connectivity index (χ0n) is 8.93. The molecule has 16 heavy (non-hydrogen) atoms. The first-order valence-corrected chi connectivity index (χ1v) is 5.06. The normalized spacial score (nSPS) is 16.5. The van der Waals surface area contributed by atoms with Gasteiger partial charge in [0, 0.05) is 0 Å². The third-order valence-electron chi connectivity index (χ3n) is 2.67. The number of hydrogen-bond acceptors (Lipinski definition) is 5. The highest BCUT2D eigenvalue weighted by atomic mass is 16.5. The van der Waals surface area contributed by atoms with Crippen LogP contribution in [-0.2, 0) is 10.3 Å². The Balaban J connectivity index is 2.32. The summed E-state index contributed by atoms with van der Waals surface area (Å²) in [7, 11) is 0. The fourth-order valence-corrected chi connectivity index (χ4v) is 1.58. The van der Waals surface area contributed by atoms with Crippen molar-refractivity contribution < 1.29 is 9.53 Å². The van der Waals surface area contributed by atoms with Gasteiger partial charge < -0.3 is 10.5 Å². The number of carbonyl (C=O) groups excluding carboxylic acids is 1. The molecule has 2 N–H and O–H groups in total. The van der Waals surface area contributed by atoms with Gasteiger partial charge in [-0.1, -0.05) is 0 Å². The molecule has 0 bridgehead atoms. The predicted molar refractivity (Wildman–Crippen MR) is 55.4 cm³/mol. The molecule has 6 heteroatoms. The molecule has 0 saturated heterocycles. The number of rotatable bonds is 3. The van der Waals surface area contributed by atoms with Crippen LogP contribution in [0.4, 0.5) is 5.82 Å². The van der Waals surface area contributed by atoms with Crippen molar-refractivity contribution in [3.63, 3.8) is 0 Å². The van der Waals surface area contributed by atoms with Crippen molar-refractivity contribution in [3.8, 4) is 6.07 Å². The van der Waals surface area contributed by atoms with E-state index < -0.39 is 11.5 Å². The Hall–Kier alpha value is -2.03. The van der Waals surface area contributed by atoms with Crippen LogP contribution < -0.4 is 5.73 Å². The highest BCUT2D eigenvalue weighted by molar-refractivity contribution is 5.92. The van der Waals surface area contributed by atoms with Gasteiger partial charge in [0.1, 0.15) is 11.4 Å². The lowest BCUT2D eigenvalue weighted by atomic mass is 10.3. The summed E-state index contributed by atoms with van der Waals surface area (Å²) in [5.41, 5.74) is 5.28. The van der Waals surface area contributed by atoms with E-state index in [-0.39, 0.29) is 18.1 Å². The molecule has 1 aromatic heterocycles. The van der Waals surface area contributed by atoms with Gasteiger partial charge in [0.05, 0.1) is 19.0 Å². The quantitative estimate of drug-likeness (QED) is 0.755. The van der Waals surface area contributed by atoms with Crippen molar-refractivity contribution in [3.05, 3.63) is 12.0 Å². The molecule has 1 saturated carbocycles. The van der Waals surface area contributed by atoms with E-state index in [2.05, 4.69) is 11.1 Å². The van der Waals surface area contributed by atoms with Crippen LogP contribution in [0.3, 0.4) is 0 Å². The van der Waals surface area contributed by atoms with Crippen LogP contribution in [0.15, 0.2) is 6.33 Å². The van der Waals surface area contributed by atoms with Crippen LogP contribution in [0.25, 0.3) is 0 Å². The molecule has 0 radical (unpaired) electrons. The van der Waals surface area contributed by atoms with E-state index in [1.54, 1.807) is 11.5 Å². The monoisotopic (exact) mass is 220 g/mol. The van der Waals surface area contributed by atoms with Gasteiger partial charge in [-0.2, -0.15) is 5.26 Å². The molecule has 0 amide bonds. The summed E-state index contributed by atoms with van der Waals surface area (Å²) in [6.45, 7) is 1.98. The number of nitrogens with zero attached hydrogens (tertiary/aromatic N) is 3. The first kappa shape index (κ1) is 10.5. The lowest BCUT2D eigenvalue weighted by Crippen LogP contribution is -2.17. The number of nitrogen functional groups attached to an aromatic ring is 1. The van der Waals surface area contributed by atoms with Crippen molar-refractivity contribution in [2.24, 2.45) is 0 Å². The van der Waals surface area contributed by atoms with Crippen molar-refractivity contribution in [2.75, 3.05) is 12.3 Å². The number of anilines is 1. The van der Waals surface area contributed by atoms with E-state index in [4.69, 9.17) is 15.7 Å². The lowest BCUT2D eigenvalue weighted by molar-refractivity contribution is 0.0521. The average Bonchev–Trinajstić information content (AvgIpc) is 2.97. The van der Waals surface area contributed by atoms with Gasteiger partial charge in [-0.3, -0.25) is 4.57 Å². The van der Waals surface area contributed by atoms with E-state index in [9.17, 15) is 4.79 Å². The van der Waals surface area contributed by atoms with Gasteiger partial charge in [-0.15, -0.1) is 0 Å². The number of carbonyl (C=O) groups is 1. The Morgan fingerprint density at radius 3 is 3.00 bits per heavy atom. The summed E-state index contributed by atoms with van der Waals surface area (Å²) in [6.07, 6.45) is 2.91. The maximum Gasteiger partial charge on any atom is 0.360 e. The summed E-state index contributed by atoms with van der Waals surface area (Å²) < 4.78 is 6.37. The molecular formula is C10H12N4O2. The number of ether oxygens (including phenoxy) is 1. The highest BCUT2D eigenvalue weighted by Gasteiger charge is 2.47. The number of aromatic nitrogens is 2. The molecule has 0 aliphatic heterocycles. The summed E-state index contributed by atoms with van der Waals surface area (Å²) in [6, 6.07) is 2.18. The topological polar surface area (TPSA) is 93.9 Å². The van der Waals surface area contributed by atoms with Gasteiger partial charge in [0.15, 0.2) is 5.69 Å². The van der Waals surface area contributed by atoms with Gasteiger partial charge in [-0.25, -0.2) is 9.78 Å². The molecule has 84 valence electrons. The first-order chi connectivity index (χ1) is 7.64. The van der Waals surface area contributed by atoms with Crippen molar-refractivity contribution in [1.82, 2.24) is 9.55 Å². The molecule has 2 rings (SSSR count). The number of nitriles is 1. The Kier molecular flexibility index (Phi) is 2.31. The van der Waals surface area contributed by atoms with E-state index in [1.165, 1.54) is 6.33 Å². The summed E-state index contributed by atoms with van der Waals surface area (Å²) in [5, 5.41) is 9.02. The standard InChI is InChI=1S/C10H12N4O2/c1-2-16-9(15)7-8(12)14(6-13-7)10(5-11)3-4-10/h6H,2-4,12H2,1H3. The molecule has 0 atom stereocenters. The predicted octanol–water partition coefficient (Wildman–Crippen LogP) is 0.655. The third kappa shape index (κ3) is 1.41. The van der Waals surface area contributed by atoms with Crippen molar-refractivity contribution >= 4 is 11.8 Å². The second kappa shape index (κ2) is 3.52. The molecular weight excluding hydrogens is 208 g/mol. The fourth-order valence-electron chi connectivity index (χ4n) is 1.58. The summed E-state index contributed by atoms with van der Waals surface area (Å²) in [4.78, 5) is 15.4. The number of hydrogen-bond donors (Lipinski definition) is 1. The second-order valence-corrected chi connectivity index (χ2v) is 3.71. The molecule has 6 nitrogen and oxygen atoms in total. The molecule has 1 aliphatic carbocycles. The maximum absolute atomic E-state index is 11.5. The minimum atomic E-state index is -0.595. The smallest absolute Gasteiger partial charge is 0.360 e. The van der Waals surface area contributed by atoms with Crippen molar-refractivity contribution in [1.29, 1.82) is 5.26 Å². The van der Waals surface area contributed by atoms with Crippen LogP contribution in [0, 0.1) is 11.3 Å². The Labute approximate surface area is 92.6 Å². The Morgan fingerprint density at radius 2 is 2.50 bits per heavy atom. The van der Waals surface area contributed by atoms with E-state index in [1.807, 2.05) is 0 Å². The minimum Gasteiger partial charge on any atom is -0.461 e. The van der Waals surface area contributed by atoms with E-state index in [0.717, 1.165) is 12.8 Å². The van der Waals surface area contributed by atoms with Gasteiger partial charge in [-0.05, 0) is 19.8 Å². The summed E-state index contributed by atoms with van der Waals surface area (Å²) in [5.74, 6) is -0.343. The largest absolute Gasteiger partial charge is 0.461 e. The van der Waals surface area contributed by atoms with E-state index >= 15 is 0 Å². The van der Waals surface area contributed by atoms with Gasteiger partial charge >= 0.3 is 5.97 Å². The summed E-state index contributed by atoms with van der Waals surface area (Å²) >= 11 is 0. The lowest BCUT2D eigenvalue weighted by Gasteiger charge is -2.09. The first-order valence-electron chi connectivity index (χ1n) is 5.06. The zero-order chi connectivity index (χ0) is 11.8. The van der Waals surface area contributed by atoms with Crippen LogP contribution in [0.2, 0.25) is 0 Å². The van der Waals surface area contributed by atoms with E-state index in [0.29, 0.717) is 0 Å². The second-order valence-electron chi connectivity index (χ2n) is 3.71. The van der Waals surface area contributed by atoms with Crippen LogP contribution in [-0.4, -0.2) is 22.1 Å². The maximum atomic E-state index is 11.5. The number of esters is 1. The van der Waals surface area contributed by atoms with Gasteiger partial charge in [0.25, 0.3) is 0 Å². The molecule has 0 spiro atoms. The molecule has 0 aromatic carbocycles. The molecule has 0 unspecified atom stereocenters. The molecule has 1 heterocycles. The number of nitrogens with two attached hydrogens (primary N) is 1. The third-order valence-corrected chi connectivity index (χ3v) is 2.67. The fraction of sp³-hybridized carbons (Fsp3) is 0.500. The van der Waals surface area contributed by atoms with Crippen molar-refractivity contribution in [2.45, 2.75) is 25.3 Å². The average molecular weight is 220 g/mol. The van der Waals surface area contributed by atoms with Crippen LogP contribution in [0.1, 0.15) is 30.3 Å². The molecule has 1 aliphatic rings. The molecule has 1 fully saturated rings. The molecule has 1 aromatic rings. The SMILES string of the molecule is CCOC(=O)c1ncn(C2(C#N)CC2)c1N. The number of imidazole rings is 1. The Bertz CT molecular complexity index is 468. The Morgan fingerprint density at radius 1 is 1.81 bits per heavy atom. The van der Waals surface area contributed by atoms with Crippen LogP contribution in [0.5, 0.6) is 0 Å². The van der Waals surface area contributed by atoms with Gasteiger partial charge in [0.2, 0.25) is 0 Å². The highest BCUT2D eigenvalue weighted by Crippen LogP contribution is 2.44. The zero-order valence-corrected chi connectivity index (χ0v) is 8.93. The minimum absolute atomic E-state index is 0.0865. The van der Waals surface area contributed by atoms with Crippen LogP contribution >= 0.6 is 0 Å².